The van der Waals surface area contributed by atoms with Crippen molar-refractivity contribution in [3.8, 4) is 11.8 Å². The van der Waals surface area contributed by atoms with Crippen molar-refractivity contribution in [1.82, 2.24) is 4.57 Å². The molecule has 0 aliphatic rings. The third-order valence-electron chi connectivity index (χ3n) is 4.76. The molecular weight excluding hydrogens is 513 g/mol. The molecule has 3 aromatic carbocycles. The molecule has 0 bridgehead atoms. The van der Waals surface area contributed by atoms with Crippen molar-refractivity contribution in [2.45, 2.75) is 0 Å². The zero-order chi connectivity index (χ0) is 24.2. The maximum atomic E-state index is 13.4. The van der Waals surface area contributed by atoms with Gasteiger partial charge in [0, 0.05) is 10.0 Å². The molecular formula is C25H14Cl3N3O2S. The molecule has 0 spiro atoms. The first kappa shape index (κ1) is 23.8. The summed E-state index contributed by atoms with van der Waals surface area (Å²) >= 11 is 19.5. The van der Waals surface area contributed by atoms with Gasteiger partial charge in [-0.05, 0) is 48.0 Å². The van der Waals surface area contributed by atoms with E-state index in [2.05, 4.69) is 5.32 Å². The van der Waals surface area contributed by atoms with Crippen LogP contribution in [0.2, 0.25) is 15.1 Å². The number of anilines is 1. The molecule has 4 rings (SSSR count). The highest BCUT2D eigenvalue weighted by Gasteiger charge is 2.18. The molecule has 1 amide bonds. The van der Waals surface area contributed by atoms with E-state index < -0.39 is 5.91 Å². The lowest BCUT2D eigenvalue weighted by Crippen LogP contribution is -2.32. The summed E-state index contributed by atoms with van der Waals surface area (Å²) in [5.41, 5.74) is 0.773. The van der Waals surface area contributed by atoms with Gasteiger partial charge in [0.05, 0.1) is 20.9 Å². The Balaban J connectivity index is 1.97. The third kappa shape index (κ3) is 4.93. The molecule has 5 nitrogen and oxygen atoms in total. The van der Waals surface area contributed by atoms with Gasteiger partial charge in [-0.3, -0.25) is 14.2 Å². The van der Waals surface area contributed by atoms with Crippen LogP contribution in [0.5, 0.6) is 0 Å². The number of hydrogen-bond donors (Lipinski definition) is 1. The van der Waals surface area contributed by atoms with E-state index in [1.807, 2.05) is 6.07 Å². The lowest BCUT2D eigenvalue weighted by atomic mass is 10.2. The SMILES string of the molecule is N#CC(C(=O)Nc1cc(Cl)ccc1Cl)=c1sc(=Cc2ccccc2Cl)c(=O)n1-c1ccccc1. The average Bonchev–Trinajstić information content (AvgIpc) is 3.14. The number of hydrogen-bond acceptors (Lipinski definition) is 4. The molecule has 4 aromatic rings. The number of amides is 1. The highest BCUT2D eigenvalue weighted by molar-refractivity contribution is 7.07. The predicted molar refractivity (Wildman–Crippen MR) is 138 cm³/mol. The molecule has 0 fully saturated rings. The fourth-order valence-electron chi connectivity index (χ4n) is 3.17. The second-order valence-electron chi connectivity index (χ2n) is 6.98. The van der Waals surface area contributed by atoms with E-state index in [0.29, 0.717) is 25.8 Å². The van der Waals surface area contributed by atoms with Crippen molar-refractivity contribution in [3.05, 3.63) is 113 Å². The second kappa shape index (κ2) is 10.3. The van der Waals surface area contributed by atoms with Gasteiger partial charge in [0.1, 0.15) is 10.7 Å². The largest absolute Gasteiger partial charge is 0.320 e. The van der Waals surface area contributed by atoms with Gasteiger partial charge in [0.2, 0.25) is 0 Å². The Labute approximate surface area is 213 Å². The number of aromatic nitrogens is 1. The number of halogens is 3. The van der Waals surface area contributed by atoms with E-state index in [9.17, 15) is 14.9 Å². The van der Waals surface area contributed by atoms with Gasteiger partial charge in [-0.25, -0.2) is 0 Å². The van der Waals surface area contributed by atoms with Crippen molar-refractivity contribution < 1.29 is 4.79 Å². The molecule has 0 saturated heterocycles. The maximum Gasteiger partial charge on any atom is 0.273 e. The highest BCUT2D eigenvalue weighted by Crippen LogP contribution is 2.25. The Morgan fingerprint density at radius 3 is 2.38 bits per heavy atom. The molecule has 0 radical (unpaired) electrons. The van der Waals surface area contributed by atoms with Crippen LogP contribution in [0, 0.1) is 11.3 Å². The van der Waals surface area contributed by atoms with Crippen LogP contribution < -0.4 is 20.1 Å². The Bertz CT molecular complexity index is 1620. The molecule has 1 aromatic heterocycles. The van der Waals surface area contributed by atoms with Gasteiger partial charge in [-0.1, -0.05) is 71.2 Å². The first-order valence-corrected chi connectivity index (χ1v) is 11.8. The van der Waals surface area contributed by atoms with E-state index in [1.54, 1.807) is 66.7 Å². The van der Waals surface area contributed by atoms with Gasteiger partial charge in [-0.2, -0.15) is 5.26 Å². The number of nitrogens with zero attached hydrogens (tertiary/aromatic N) is 2. The minimum Gasteiger partial charge on any atom is -0.320 e. The van der Waals surface area contributed by atoms with Crippen LogP contribution in [-0.4, -0.2) is 10.5 Å². The first-order chi connectivity index (χ1) is 16.4. The van der Waals surface area contributed by atoms with E-state index in [-0.39, 0.29) is 26.5 Å². The van der Waals surface area contributed by atoms with Gasteiger partial charge in [0.25, 0.3) is 11.5 Å². The van der Waals surface area contributed by atoms with E-state index in [0.717, 1.165) is 11.3 Å². The normalized spacial score (nSPS) is 12.2. The molecule has 1 heterocycles. The Morgan fingerprint density at radius 1 is 0.971 bits per heavy atom. The third-order valence-corrected chi connectivity index (χ3v) is 6.76. The number of nitriles is 1. The molecule has 0 saturated carbocycles. The summed E-state index contributed by atoms with van der Waals surface area (Å²) < 4.78 is 1.83. The van der Waals surface area contributed by atoms with E-state index in [4.69, 9.17) is 34.8 Å². The fourth-order valence-corrected chi connectivity index (χ4v) is 4.79. The molecule has 1 N–H and O–H groups in total. The molecule has 0 atom stereocenters. The van der Waals surface area contributed by atoms with Crippen molar-refractivity contribution in [2.24, 2.45) is 0 Å². The van der Waals surface area contributed by atoms with Gasteiger partial charge in [0.15, 0.2) is 5.57 Å². The van der Waals surface area contributed by atoms with E-state index in [1.165, 1.54) is 16.7 Å². The summed E-state index contributed by atoms with van der Waals surface area (Å²) in [6.45, 7) is 0. The number of thiazole rings is 1. The van der Waals surface area contributed by atoms with Crippen LogP contribution in [0.3, 0.4) is 0 Å². The Morgan fingerprint density at radius 2 is 1.68 bits per heavy atom. The van der Waals surface area contributed by atoms with Crippen LogP contribution in [-0.2, 0) is 4.79 Å². The lowest BCUT2D eigenvalue weighted by molar-refractivity contribution is -0.111. The average molecular weight is 527 g/mol. The monoisotopic (exact) mass is 525 g/mol. The van der Waals surface area contributed by atoms with Crippen molar-refractivity contribution in [1.29, 1.82) is 5.26 Å². The summed E-state index contributed by atoms with van der Waals surface area (Å²) in [6, 6.07) is 22.4. The Hall–Kier alpha value is -3.34. The first-order valence-electron chi connectivity index (χ1n) is 9.83. The number of nitrogens with one attached hydrogen (secondary N) is 1. The topological polar surface area (TPSA) is 74.9 Å². The molecule has 0 aliphatic heterocycles. The van der Waals surface area contributed by atoms with Crippen LogP contribution in [0.1, 0.15) is 5.56 Å². The summed E-state index contributed by atoms with van der Waals surface area (Å²) in [5.74, 6) is -0.720. The fraction of sp³-hybridized carbons (Fsp3) is 0. The van der Waals surface area contributed by atoms with Gasteiger partial charge < -0.3 is 5.32 Å². The highest BCUT2D eigenvalue weighted by atomic mass is 35.5. The number of carbonyl (C=O) groups excluding carboxylic acids is 1. The summed E-state index contributed by atoms with van der Waals surface area (Å²) in [4.78, 5) is 26.5. The Kier molecular flexibility index (Phi) is 7.20. The molecule has 0 unspecified atom stereocenters. The molecule has 168 valence electrons. The number of carbonyl (C=O) groups is 1. The number of rotatable bonds is 4. The maximum absolute atomic E-state index is 13.4. The van der Waals surface area contributed by atoms with Crippen LogP contribution in [0.15, 0.2) is 77.6 Å². The summed E-state index contributed by atoms with van der Waals surface area (Å²) in [5, 5.41) is 13.6. The minimum atomic E-state index is -0.720. The van der Waals surface area contributed by atoms with Gasteiger partial charge >= 0.3 is 0 Å². The van der Waals surface area contributed by atoms with Crippen LogP contribution >= 0.6 is 46.1 Å². The van der Waals surface area contributed by atoms with E-state index >= 15 is 0 Å². The molecule has 34 heavy (non-hydrogen) atoms. The zero-order valence-corrected chi connectivity index (χ0v) is 20.3. The number of para-hydroxylation sites is 1. The molecule has 9 heteroatoms. The van der Waals surface area contributed by atoms with Crippen LogP contribution in [0.4, 0.5) is 5.69 Å². The molecule has 0 aliphatic carbocycles. The van der Waals surface area contributed by atoms with Crippen molar-refractivity contribution in [3.63, 3.8) is 0 Å². The summed E-state index contributed by atoms with van der Waals surface area (Å²) in [7, 11) is 0. The summed E-state index contributed by atoms with van der Waals surface area (Å²) in [6.07, 6.45) is 1.64. The van der Waals surface area contributed by atoms with Crippen molar-refractivity contribution >= 4 is 69.4 Å². The van der Waals surface area contributed by atoms with Crippen LogP contribution in [0.25, 0.3) is 17.3 Å². The quantitative estimate of drug-likeness (QED) is 0.407. The smallest absolute Gasteiger partial charge is 0.273 e. The predicted octanol–water partition coefficient (Wildman–Crippen LogP) is 5.00. The number of benzene rings is 3. The standard InChI is InChI=1S/C25H14Cl3N3O2S/c26-16-10-11-20(28)21(13-16)30-23(32)18(14-29)25-31(17-7-2-1-3-8-17)24(33)22(34-25)12-15-6-4-5-9-19(15)27/h1-13H,(H,30,32). The zero-order valence-electron chi connectivity index (χ0n) is 17.3. The van der Waals surface area contributed by atoms with Crippen molar-refractivity contribution in [2.75, 3.05) is 5.32 Å². The second-order valence-corrected chi connectivity index (χ2v) is 9.26. The van der Waals surface area contributed by atoms with Gasteiger partial charge in [-0.15, -0.1) is 11.3 Å². The lowest BCUT2D eigenvalue weighted by Gasteiger charge is -2.07. The minimum absolute atomic E-state index is 0.174.